The third kappa shape index (κ3) is 3.78. The number of aliphatic hydroxyl groups excluding tert-OH is 1. The lowest BCUT2D eigenvalue weighted by Crippen LogP contribution is -2.43. The maximum Gasteiger partial charge on any atom is 0.336 e. The fourth-order valence-electron chi connectivity index (χ4n) is 2.30. The molecule has 26 heavy (non-hydrogen) atoms. The highest BCUT2D eigenvalue weighted by molar-refractivity contribution is 7.93. The number of hydrogen-bond donors (Lipinski definition) is 2. The number of sulfonamides is 1. The van der Waals surface area contributed by atoms with E-state index in [-0.39, 0.29) is 9.87 Å². The standard InChI is InChI=1S/C15H18FN5O4S/c1-8-7-9(2)20-15(19-8)21(14(17)23)26(24,25)13-11(5-4-6-18-13)12(22)10(3)16/h4-7,10,12,22H,1-3H3,(H2,17,23). The van der Waals surface area contributed by atoms with Gasteiger partial charge in [0.25, 0.3) is 10.0 Å². The zero-order chi connectivity index (χ0) is 19.6. The predicted octanol–water partition coefficient (Wildman–Crippen LogP) is 1.15. The van der Waals surface area contributed by atoms with Crippen molar-refractivity contribution in [3.63, 3.8) is 0 Å². The Morgan fingerprint density at radius 1 is 1.31 bits per heavy atom. The van der Waals surface area contributed by atoms with Crippen molar-refractivity contribution in [3.8, 4) is 0 Å². The van der Waals surface area contributed by atoms with Gasteiger partial charge in [-0.2, -0.15) is 8.42 Å². The van der Waals surface area contributed by atoms with Crippen LogP contribution in [0.4, 0.5) is 15.1 Å². The number of hydrogen-bond acceptors (Lipinski definition) is 7. The molecule has 2 aromatic rings. The average Bonchev–Trinajstić information content (AvgIpc) is 2.52. The Hall–Kier alpha value is -2.66. The number of alkyl halides is 1. The minimum absolute atomic E-state index is 0.175. The van der Waals surface area contributed by atoms with Gasteiger partial charge in [0.05, 0.1) is 0 Å². The first kappa shape index (κ1) is 19.7. The molecule has 0 aliphatic rings. The highest BCUT2D eigenvalue weighted by Crippen LogP contribution is 2.28. The topological polar surface area (TPSA) is 139 Å². The Labute approximate surface area is 149 Å². The van der Waals surface area contributed by atoms with Crippen LogP contribution in [-0.4, -0.2) is 40.7 Å². The molecule has 2 unspecified atom stereocenters. The van der Waals surface area contributed by atoms with Gasteiger partial charge in [-0.3, -0.25) is 0 Å². The van der Waals surface area contributed by atoms with Crippen molar-refractivity contribution in [2.75, 3.05) is 4.31 Å². The second-order valence-electron chi connectivity index (χ2n) is 5.58. The van der Waals surface area contributed by atoms with Crippen molar-refractivity contribution >= 4 is 22.0 Å². The maximum atomic E-state index is 13.5. The lowest BCUT2D eigenvalue weighted by atomic mass is 10.1. The summed E-state index contributed by atoms with van der Waals surface area (Å²) in [6.45, 7) is 4.24. The SMILES string of the molecule is Cc1cc(C)nc(N(C(N)=O)S(=O)(=O)c2ncccc2C(O)C(C)F)n1. The Bertz CT molecular complexity index is 915. The van der Waals surface area contributed by atoms with Crippen molar-refractivity contribution in [1.82, 2.24) is 15.0 Å². The number of halogens is 1. The molecule has 0 aliphatic carbocycles. The van der Waals surface area contributed by atoms with Crippen molar-refractivity contribution in [2.45, 2.75) is 38.1 Å². The molecule has 0 spiro atoms. The lowest BCUT2D eigenvalue weighted by Gasteiger charge is -2.21. The van der Waals surface area contributed by atoms with Crippen LogP contribution < -0.4 is 10.0 Å². The van der Waals surface area contributed by atoms with Crippen LogP contribution in [0.1, 0.15) is 30.0 Å². The number of nitrogens with zero attached hydrogens (tertiary/aromatic N) is 4. The summed E-state index contributed by atoms with van der Waals surface area (Å²) in [5, 5.41) is 9.27. The first-order valence-electron chi connectivity index (χ1n) is 7.49. The van der Waals surface area contributed by atoms with Crippen LogP contribution in [0.5, 0.6) is 0 Å². The number of rotatable bonds is 5. The van der Waals surface area contributed by atoms with Crippen LogP contribution >= 0.6 is 0 Å². The van der Waals surface area contributed by atoms with Crippen LogP contribution in [0, 0.1) is 13.8 Å². The van der Waals surface area contributed by atoms with E-state index >= 15 is 0 Å². The van der Waals surface area contributed by atoms with Gasteiger partial charge in [-0.15, -0.1) is 4.31 Å². The van der Waals surface area contributed by atoms with Gasteiger partial charge >= 0.3 is 6.03 Å². The number of carbonyl (C=O) groups excluding carboxylic acids is 1. The number of amides is 2. The zero-order valence-corrected chi connectivity index (χ0v) is 15.1. The first-order valence-corrected chi connectivity index (χ1v) is 8.93. The summed E-state index contributed by atoms with van der Waals surface area (Å²) < 4.78 is 39.7. The van der Waals surface area contributed by atoms with Crippen molar-refractivity contribution in [1.29, 1.82) is 0 Å². The number of aliphatic hydroxyl groups is 1. The number of aryl methyl sites for hydroxylation is 2. The van der Waals surface area contributed by atoms with Crippen LogP contribution in [0.2, 0.25) is 0 Å². The van der Waals surface area contributed by atoms with Crippen LogP contribution in [0.3, 0.4) is 0 Å². The molecule has 2 heterocycles. The van der Waals surface area contributed by atoms with E-state index in [9.17, 15) is 22.7 Å². The summed E-state index contributed by atoms with van der Waals surface area (Å²) in [5.74, 6) is -0.464. The highest BCUT2D eigenvalue weighted by atomic mass is 32.2. The molecule has 2 amide bonds. The Kier molecular flexibility index (Phi) is 5.52. The fraction of sp³-hybridized carbons (Fsp3) is 0.333. The highest BCUT2D eigenvalue weighted by Gasteiger charge is 2.37. The summed E-state index contributed by atoms with van der Waals surface area (Å²) in [6, 6.07) is 2.74. The number of urea groups is 1. The van der Waals surface area contributed by atoms with Gasteiger partial charge in [-0.05, 0) is 32.9 Å². The van der Waals surface area contributed by atoms with Crippen molar-refractivity contribution in [2.24, 2.45) is 5.73 Å². The molecule has 2 rings (SSSR count). The van der Waals surface area contributed by atoms with E-state index in [4.69, 9.17) is 5.73 Å². The molecule has 11 heteroatoms. The monoisotopic (exact) mass is 383 g/mol. The molecule has 0 aromatic carbocycles. The molecule has 3 N–H and O–H groups in total. The molecule has 0 radical (unpaired) electrons. The fourth-order valence-corrected chi connectivity index (χ4v) is 3.69. The summed E-state index contributed by atoms with van der Waals surface area (Å²) >= 11 is 0. The second-order valence-corrected chi connectivity index (χ2v) is 7.28. The molecule has 0 aliphatic heterocycles. The van der Waals surface area contributed by atoms with E-state index in [1.54, 1.807) is 19.9 Å². The van der Waals surface area contributed by atoms with Gasteiger partial charge in [0.15, 0.2) is 5.03 Å². The summed E-state index contributed by atoms with van der Waals surface area (Å²) in [7, 11) is -4.70. The minimum Gasteiger partial charge on any atom is -0.385 e. The average molecular weight is 383 g/mol. The Morgan fingerprint density at radius 3 is 2.38 bits per heavy atom. The van der Waals surface area contributed by atoms with E-state index in [1.165, 1.54) is 12.1 Å². The van der Waals surface area contributed by atoms with Crippen LogP contribution in [-0.2, 0) is 10.0 Å². The van der Waals surface area contributed by atoms with E-state index in [1.807, 2.05) is 0 Å². The van der Waals surface area contributed by atoms with E-state index in [0.717, 1.165) is 13.1 Å². The number of aromatic nitrogens is 3. The molecular weight excluding hydrogens is 365 g/mol. The molecule has 2 aromatic heterocycles. The van der Waals surface area contributed by atoms with Gasteiger partial charge in [0.2, 0.25) is 5.95 Å². The smallest absolute Gasteiger partial charge is 0.336 e. The van der Waals surface area contributed by atoms with Crippen molar-refractivity contribution in [3.05, 3.63) is 41.3 Å². The van der Waals surface area contributed by atoms with E-state index in [2.05, 4.69) is 15.0 Å². The minimum atomic E-state index is -4.70. The maximum absolute atomic E-state index is 13.5. The summed E-state index contributed by atoms with van der Waals surface area (Å²) in [4.78, 5) is 23.4. The molecular formula is C15H18FN5O4S. The van der Waals surface area contributed by atoms with E-state index < -0.39 is 39.3 Å². The number of primary amides is 1. The number of pyridine rings is 1. The van der Waals surface area contributed by atoms with E-state index in [0.29, 0.717) is 11.4 Å². The summed E-state index contributed by atoms with van der Waals surface area (Å²) in [5.41, 5.74) is 5.75. The Morgan fingerprint density at radius 2 is 1.88 bits per heavy atom. The number of anilines is 1. The third-order valence-electron chi connectivity index (χ3n) is 3.39. The second kappa shape index (κ2) is 7.30. The molecule has 0 bridgehead atoms. The molecule has 0 fully saturated rings. The molecule has 0 saturated heterocycles. The quantitative estimate of drug-likeness (QED) is 0.789. The molecule has 9 nitrogen and oxygen atoms in total. The van der Waals surface area contributed by atoms with Gasteiger partial charge in [0.1, 0.15) is 12.3 Å². The van der Waals surface area contributed by atoms with Crippen LogP contribution in [0.15, 0.2) is 29.4 Å². The molecule has 140 valence electrons. The van der Waals surface area contributed by atoms with Gasteiger partial charge < -0.3 is 10.8 Å². The van der Waals surface area contributed by atoms with Gasteiger partial charge in [-0.1, -0.05) is 6.07 Å². The first-order chi connectivity index (χ1) is 12.1. The predicted molar refractivity (Wildman–Crippen MR) is 90.5 cm³/mol. The number of carbonyl (C=O) groups is 1. The molecule has 0 saturated carbocycles. The zero-order valence-electron chi connectivity index (χ0n) is 14.3. The van der Waals surface area contributed by atoms with Crippen LogP contribution in [0.25, 0.3) is 0 Å². The molecule has 2 atom stereocenters. The van der Waals surface area contributed by atoms with Gasteiger partial charge in [0, 0.05) is 23.1 Å². The third-order valence-corrected chi connectivity index (χ3v) is 5.05. The lowest BCUT2D eigenvalue weighted by molar-refractivity contribution is 0.0853. The van der Waals surface area contributed by atoms with Gasteiger partial charge in [-0.25, -0.2) is 24.1 Å². The summed E-state index contributed by atoms with van der Waals surface area (Å²) in [6.07, 6.45) is -2.40. The largest absolute Gasteiger partial charge is 0.385 e. The van der Waals surface area contributed by atoms with Crippen molar-refractivity contribution < 1.29 is 22.7 Å². The number of nitrogens with two attached hydrogens (primary N) is 1. The normalized spacial score (nSPS) is 13.9. The Balaban J connectivity index is 2.69.